The normalized spacial score (nSPS) is 28.5. The summed E-state index contributed by atoms with van der Waals surface area (Å²) in [6, 6.07) is 3.08. The molecule has 0 spiro atoms. The predicted octanol–water partition coefficient (Wildman–Crippen LogP) is 1.24. The second kappa shape index (κ2) is 3.32. The van der Waals surface area contributed by atoms with Crippen LogP contribution in [0.3, 0.4) is 0 Å². The summed E-state index contributed by atoms with van der Waals surface area (Å²) in [5.74, 6) is 0.512. The van der Waals surface area contributed by atoms with Crippen molar-refractivity contribution in [3.8, 4) is 11.5 Å². The summed E-state index contributed by atoms with van der Waals surface area (Å²) in [5.41, 5.74) is -0.296. The van der Waals surface area contributed by atoms with Crippen LogP contribution in [0.2, 0.25) is 0 Å². The average Bonchev–Trinajstić information content (AvgIpc) is 3.08. The Bertz CT molecular complexity index is 577. The van der Waals surface area contributed by atoms with Crippen LogP contribution in [0.5, 0.6) is 11.5 Å². The largest absolute Gasteiger partial charge is 0.493 e. The number of ketones is 2. The minimum absolute atomic E-state index is 0.173. The zero-order valence-corrected chi connectivity index (χ0v) is 10.3. The van der Waals surface area contributed by atoms with E-state index in [2.05, 4.69) is 0 Å². The van der Waals surface area contributed by atoms with Crippen LogP contribution in [0, 0.1) is 0 Å². The lowest BCUT2D eigenvalue weighted by atomic mass is 9.82. The van der Waals surface area contributed by atoms with E-state index in [-0.39, 0.29) is 11.6 Å². The van der Waals surface area contributed by atoms with E-state index in [0.29, 0.717) is 22.6 Å². The Balaban J connectivity index is 2.21. The smallest absolute Gasteiger partial charge is 0.198 e. The van der Waals surface area contributed by atoms with E-state index < -0.39 is 11.7 Å². The Morgan fingerprint density at radius 2 is 1.67 bits per heavy atom. The van der Waals surface area contributed by atoms with E-state index in [1.165, 1.54) is 26.4 Å². The molecule has 94 valence electrons. The lowest BCUT2D eigenvalue weighted by molar-refractivity contribution is 0.0874. The van der Waals surface area contributed by atoms with Crippen molar-refractivity contribution in [3.05, 3.63) is 23.3 Å². The summed E-state index contributed by atoms with van der Waals surface area (Å²) in [7, 11) is 2.97. The van der Waals surface area contributed by atoms with Gasteiger partial charge in [0.1, 0.15) is 0 Å². The quantitative estimate of drug-likeness (QED) is 0.737. The van der Waals surface area contributed by atoms with Crippen molar-refractivity contribution in [3.63, 3.8) is 0 Å². The number of benzene rings is 1. The SMILES string of the molecule is COc1cc2c(cc1OC)C(=O)C1(C)OC1C2=O. The molecule has 0 saturated carbocycles. The Labute approximate surface area is 104 Å². The monoisotopic (exact) mass is 248 g/mol. The third-order valence-electron chi connectivity index (χ3n) is 3.53. The lowest BCUT2D eigenvalue weighted by Gasteiger charge is -2.17. The highest BCUT2D eigenvalue weighted by molar-refractivity contribution is 6.23. The van der Waals surface area contributed by atoms with E-state index in [1.807, 2.05) is 0 Å². The van der Waals surface area contributed by atoms with Crippen LogP contribution < -0.4 is 9.47 Å². The molecule has 5 heteroatoms. The number of carbonyl (C=O) groups is 2. The number of Topliss-reactive ketones (excluding diaryl/α,β-unsaturated/α-hetero) is 2. The number of epoxide rings is 1. The van der Waals surface area contributed by atoms with Gasteiger partial charge in [0.05, 0.1) is 14.2 Å². The number of rotatable bonds is 2. The van der Waals surface area contributed by atoms with Crippen molar-refractivity contribution in [2.24, 2.45) is 0 Å². The maximum Gasteiger partial charge on any atom is 0.198 e. The van der Waals surface area contributed by atoms with E-state index in [4.69, 9.17) is 14.2 Å². The summed E-state index contributed by atoms with van der Waals surface area (Å²) in [4.78, 5) is 24.3. The topological polar surface area (TPSA) is 65.1 Å². The van der Waals surface area contributed by atoms with Gasteiger partial charge in [0.15, 0.2) is 34.8 Å². The molecule has 1 aromatic carbocycles. The van der Waals surface area contributed by atoms with Crippen LogP contribution >= 0.6 is 0 Å². The van der Waals surface area contributed by atoms with Crippen molar-refractivity contribution in [2.75, 3.05) is 14.2 Å². The van der Waals surface area contributed by atoms with Gasteiger partial charge in [-0.2, -0.15) is 0 Å². The predicted molar refractivity (Wildman–Crippen MR) is 61.5 cm³/mol. The molecule has 0 bridgehead atoms. The summed E-state index contributed by atoms with van der Waals surface area (Å²) < 4.78 is 15.5. The van der Waals surface area contributed by atoms with Gasteiger partial charge in [0, 0.05) is 11.1 Å². The first-order chi connectivity index (χ1) is 8.52. The van der Waals surface area contributed by atoms with Crippen LogP contribution in [-0.4, -0.2) is 37.5 Å². The Hall–Kier alpha value is -1.88. The molecule has 2 aliphatic rings. The van der Waals surface area contributed by atoms with Crippen molar-refractivity contribution < 1.29 is 23.8 Å². The maximum atomic E-state index is 12.2. The molecule has 5 nitrogen and oxygen atoms in total. The number of carbonyl (C=O) groups excluding carboxylic acids is 2. The van der Waals surface area contributed by atoms with E-state index >= 15 is 0 Å². The highest BCUT2D eigenvalue weighted by Crippen LogP contribution is 2.47. The van der Waals surface area contributed by atoms with Gasteiger partial charge in [-0.05, 0) is 19.1 Å². The number of ether oxygens (including phenoxy) is 3. The second-order valence-corrected chi connectivity index (χ2v) is 4.55. The van der Waals surface area contributed by atoms with Crippen molar-refractivity contribution in [2.45, 2.75) is 18.6 Å². The van der Waals surface area contributed by atoms with Crippen molar-refractivity contribution in [1.82, 2.24) is 0 Å². The molecule has 18 heavy (non-hydrogen) atoms. The van der Waals surface area contributed by atoms with E-state index in [1.54, 1.807) is 6.92 Å². The summed E-state index contributed by atoms with van der Waals surface area (Å²) in [6.07, 6.45) is -0.643. The van der Waals surface area contributed by atoms with Crippen LogP contribution in [0.15, 0.2) is 12.1 Å². The highest BCUT2D eigenvalue weighted by atomic mass is 16.6. The van der Waals surface area contributed by atoms with Gasteiger partial charge < -0.3 is 14.2 Å². The maximum absolute atomic E-state index is 12.2. The number of hydrogen-bond donors (Lipinski definition) is 0. The third kappa shape index (κ3) is 1.19. The molecule has 1 fully saturated rings. The molecule has 0 N–H and O–H groups in total. The molecule has 3 rings (SSSR count). The number of methoxy groups -OCH3 is 2. The average molecular weight is 248 g/mol. The standard InChI is InChI=1S/C13H12O5/c1-13-11(15)7-5-9(17-3)8(16-2)4-6(7)10(14)12(13)18-13/h4-5,12H,1-3H3. The third-order valence-corrected chi connectivity index (χ3v) is 3.53. The van der Waals surface area contributed by atoms with Gasteiger partial charge in [-0.1, -0.05) is 0 Å². The summed E-state index contributed by atoms with van der Waals surface area (Å²) in [6.45, 7) is 1.64. The lowest BCUT2D eigenvalue weighted by Crippen LogP contribution is -2.34. The number of fused-ring (bicyclic) bond motifs is 2. The number of hydrogen-bond acceptors (Lipinski definition) is 5. The zero-order valence-electron chi connectivity index (χ0n) is 10.3. The van der Waals surface area contributed by atoms with Crippen LogP contribution in [-0.2, 0) is 4.74 Å². The van der Waals surface area contributed by atoms with Crippen LogP contribution in [0.25, 0.3) is 0 Å². The van der Waals surface area contributed by atoms with E-state index in [0.717, 1.165) is 0 Å². The minimum Gasteiger partial charge on any atom is -0.493 e. The molecular formula is C13H12O5. The van der Waals surface area contributed by atoms with Gasteiger partial charge in [-0.25, -0.2) is 0 Å². The minimum atomic E-state index is -0.982. The second-order valence-electron chi connectivity index (χ2n) is 4.55. The fraction of sp³-hybridized carbons (Fsp3) is 0.385. The highest BCUT2D eigenvalue weighted by Gasteiger charge is 2.65. The molecule has 1 aliphatic heterocycles. The molecule has 0 amide bonds. The van der Waals surface area contributed by atoms with Gasteiger partial charge in [-0.15, -0.1) is 0 Å². The molecule has 1 saturated heterocycles. The molecule has 2 unspecified atom stereocenters. The fourth-order valence-corrected chi connectivity index (χ4v) is 2.37. The zero-order chi connectivity index (χ0) is 13.1. The first kappa shape index (κ1) is 11.2. The van der Waals surface area contributed by atoms with Gasteiger partial charge in [0.2, 0.25) is 0 Å². The van der Waals surface area contributed by atoms with Crippen LogP contribution in [0.4, 0.5) is 0 Å². The molecule has 0 radical (unpaired) electrons. The Kier molecular flexibility index (Phi) is 2.07. The van der Waals surface area contributed by atoms with Gasteiger partial charge in [-0.3, -0.25) is 9.59 Å². The molecular weight excluding hydrogens is 236 g/mol. The van der Waals surface area contributed by atoms with Gasteiger partial charge in [0.25, 0.3) is 0 Å². The molecule has 2 atom stereocenters. The van der Waals surface area contributed by atoms with Crippen molar-refractivity contribution >= 4 is 11.6 Å². The van der Waals surface area contributed by atoms with Gasteiger partial charge >= 0.3 is 0 Å². The molecule has 0 aromatic heterocycles. The molecule has 1 heterocycles. The fourth-order valence-electron chi connectivity index (χ4n) is 2.37. The Morgan fingerprint density at radius 1 is 1.11 bits per heavy atom. The summed E-state index contributed by atoms with van der Waals surface area (Å²) >= 11 is 0. The first-order valence-electron chi connectivity index (χ1n) is 5.55. The Morgan fingerprint density at radius 3 is 2.22 bits per heavy atom. The molecule has 1 aliphatic carbocycles. The van der Waals surface area contributed by atoms with E-state index in [9.17, 15) is 9.59 Å². The van der Waals surface area contributed by atoms with Crippen LogP contribution in [0.1, 0.15) is 27.6 Å². The molecule has 1 aromatic rings. The summed E-state index contributed by atoms with van der Waals surface area (Å²) in [5, 5.41) is 0. The first-order valence-corrected chi connectivity index (χ1v) is 5.55. The van der Waals surface area contributed by atoms with Crippen molar-refractivity contribution in [1.29, 1.82) is 0 Å².